The summed E-state index contributed by atoms with van der Waals surface area (Å²) in [5.41, 5.74) is 9.97. The zero-order valence-corrected chi connectivity index (χ0v) is 27.5. The predicted molar refractivity (Wildman–Crippen MR) is 216 cm³/mol. The summed E-state index contributed by atoms with van der Waals surface area (Å²) in [6.45, 7) is 0. The van der Waals surface area contributed by atoms with E-state index in [9.17, 15) is 0 Å². The van der Waals surface area contributed by atoms with Crippen LogP contribution in [0.15, 0.2) is 194 Å². The molecule has 0 heterocycles. The van der Waals surface area contributed by atoms with Gasteiger partial charge in [-0.2, -0.15) is 0 Å². The largest absolute Gasteiger partial charge is 0.0616 e. The van der Waals surface area contributed by atoms with Crippen LogP contribution in [0.5, 0.6) is 0 Å². The summed E-state index contributed by atoms with van der Waals surface area (Å²) in [5, 5.41) is 12.6. The Morgan fingerprint density at radius 3 is 1.38 bits per heavy atom. The number of rotatable bonds is 4. The first kappa shape index (κ1) is 28.5. The summed E-state index contributed by atoms with van der Waals surface area (Å²) in [6.07, 6.45) is 0. The maximum atomic E-state index is 2.43. The molecule has 10 aromatic carbocycles. The van der Waals surface area contributed by atoms with E-state index in [1.165, 1.54) is 98.4 Å². The van der Waals surface area contributed by atoms with E-state index >= 15 is 0 Å². The lowest BCUT2D eigenvalue weighted by atomic mass is 9.83. The van der Waals surface area contributed by atoms with Crippen LogP contribution in [-0.2, 0) is 0 Å². The molecule has 232 valence electrons. The standard InChI is InChI=1S/C50H32/c1-2-14-38-31-39(28-23-33(38)11-1)40-29-30-47-48(32-40)49(37-26-24-36(25-27-37)42-21-9-15-34-12-3-5-17-41(34)42)45-19-7-8-20-46(45)50(47)44-22-10-16-35-13-4-6-18-43(35)44/h1-32H. The van der Waals surface area contributed by atoms with Crippen molar-refractivity contribution in [2.75, 3.05) is 0 Å². The highest BCUT2D eigenvalue weighted by Gasteiger charge is 2.19. The third-order valence-electron chi connectivity index (χ3n) is 10.4. The predicted octanol–water partition coefficient (Wildman–Crippen LogP) is 14.1. The molecule has 0 unspecified atom stereocenters. The van der Waals surface area contributed by atoms with Gasteiger partial charge in [-0.15, -0.1) is 0 Å². The average Bonchev–Trinajstić information content (AvgIpc) is 3.19. The van der Waals surface area contributed by atoms with E-state index in [4.69, 9.17) is 0 Å². The van der Waals surface area contributed by atoms with E-state index in [0.717, 1.165) is 0 Å². The van der Waals surface area contributed by atoms with Crippen LogP contribution < -0.4 is 0 Å². The van der Waals surface area contributed by atoms with Crippen LogP contribution in [-0.4, -0.2) is 0 Å². The Labute approximate surface area is 291 Å². The van der Waals surface area contributed by atoms with Crippen molar-refractivity contribution in [1.82, 2.24) is 0 Å². The molecule has 0 spiro atoms. The van der Waals surface area contributed by atoms with Gasteiger partial charge >= 0.3 is 0 Å². The van der Waals surface area contributed by atoms with Crippen molar-refractivity contribution in [2.45, 2.75) is 0 Å². The van der Waals surface area contributed by atoms with Gasteiger partial charge < -0.3 is 0 Å². The first-order valence-electron chi connectivity index (χ1n) is 17.3. The zero-order chi connectivity index (χ0) is 33.0. The van der Waals surface area contributed by atoms with E-state index in [-0.39, 0.29) is 0 Å². The quantitative estimate of drug-likeness (QED) is 0.169. The molecule has 0 radical (unpaired) electrons. The molecule has 0 nitrogen and oxygen atoms in total. The molecule has 0 N–H and O–H groups in total. The van der Waals surface area contributed by atoms with Gasteiger partial charge in [0, 0.05) is 0 Å². The molecule has 0 atom stereocenters. The first-order valence-corrected chi connectivity index (χ1v) is 17.3. The molecular formula is C50H32. The highest BCUT2D eigenvalue weighted by molar-refractivity contribution is 6.24. The minimum absolute atomic E-state index is 1.22. The number of hydrogen-bond donors (Lipinski definition) is 0. The van der Waals surface area contributed by atoms with E-state index in [1.54, 1.807) is 0 Å². The van der Waals surface area contributed by atoms with E-state index in [2.05, 4.69) is 194 Å². The lowest BCUT2D eigenvalue weighted by Gasteiger charge is -2.20. The normalized spacial score (nSPS) is 11.6. The van der Waals surface area contributed by atoms with Crippen molar-refractivity contribution in [3.05, 3.63) is 194 Å². The van der Waals surface area contributed by atoms with Crippen molar-refractivity contribution in [3.63, 3.8) is 0 Å². The number of hydrogen-bond acceptors (Lipinski definition) is 0. The molecular weight excluding hydrogens is 601 g/mol. The van der Waals surface area contributed by atoms with Gasteiger partial charge in [0.2, 0.25) is 0 Å². The van der Waals surface area contributed by atoms with Crippen LogP contribution in [0.1, 0.15) is 0 Å². The van der Waals surface area contributed by atoms with Crippen molar-refractivity contribution in [3.8, 4) is 44.5 Å². The van der Waals surface area contributed by atoms with Gasteiger partial charge in [0.1, 0.15) is 0 Å². The molecule has 0 aliphatic heterocycles. The fourth-order valence-electron chi connectivity index (χ4n) is 8.07. The molecule has 10 aromatic rings. The zero-order valence-electron chi connectivity index (χ0n) is 27.5. The van der Waals surface area contributed by atoms with Gasteiger partial charge in [-0.05, 0) is 111 Å². The minimum atomic E-state index is 1.22. The fourth-order valence-corrected chi connectivity index (χ4v) is 8.07. The summed E-state index contributed by atoms with van der Waals surface area (Å²) in [4.78, 5) is 0. The molecule has 50 heavy (non-hydrogen) atoms. The van der Waals surface area contributed by atoms with Gasteiger partial charge in [-0.1, -0.05) is 182 Å². The van der Waals surface area contributed by atoms with E-state index < -0.39 is 0 Å². The Morgan fingerprint density at radius 1 is 0.200 bits per heavy atom. The highest BCUT2D eigenvalue weighted by Crippen LogP contribution is 2.46. The summed E-state index contributed by atoms with van der Waals surface area (Å²) in [7, 11) is 0. The molecule has 0 aliphatic carbocycles. The second kappa shape index (κ2) is 11.6. The number of fused-ring (bicyclic) bond motifs is 5. The van der Waals surface area contributed by atoms with Gasteiger partial charge in [0.25, 0.3) is 0 Å². The average molecular weight is 633 g/mol. The van der Waals surface area contributed by atoms with Gasteiger partial charge in [-0.3, -0.25) is 0 Å². The Balaban J connectivity index is 1.26. The Bertz CT molecular complexity index is 2900. The lowest BCUT2D eigenvalue weighted by molar-refractivity contribution is 1.63. The fraction of sp³-hybridized carbons (Fsp3) is 0. The van der Waals surface area contributed by atoms with Crippen molar-refractivity contribution >= 4 is 53.9 Å². The topological polar surface area (TPSA) is 0 Å². The summed E-state index contributed by atoms with van der Waals surface area (Å²) >= 11 is 0. The van der Waals surface area contributed by atoms with Crippen LogP contribution in [0, 0.1) is 0 Å². The number of benzene rings is 10. The Hall–Kier alpha value is -6.50. The van der Waals surface area contributed by atoms with E-state index in [1.807, 2.05) is 0 Å². The first-order chi connectivity index (χ1) is 24.8. The Morgan fingerprint density at radius 2 is 0.660 bits per heavy atom. The molecule has 10 rings (SSSR count). The minimum Gasteiger partial charge on any atom is -0.0616 e. The van der Waals surface area contributed by atoms with Crippen LogP contribution >= 0.6 is 0 Å². The van der Waals surface area contributed by atoms with E-state index in [0.29, 0.717) is 0 Å². The smallest absolute Gasteiger partial charge is 0.00201 e. The third-order valence-corrected chi connectivity index (χ3v) is 10.4. The highest BCUT2D eigenvalue weighted by atomic mass is 14.2. The molecule has 0 saturated heterocycles. The van der Waals surface area contributed by atoms with Crippen LogP contribution in [0.2, 0.25) is 0 Å². The molecule has 0 saturated carbocycles. The molecule has 0 amide bonds. The van der Waals surface area contributed by atoms with Crippen LogP contribution in [0.4, 0.5) is 0 Å². The summed E-state index contributed by atoms with van der Waals surface area (Å²) in [5.74, 6) is 0. The monoisotopic (exact) mass is 632 g/mol. The SMILES string of the molecule is c1ccc2cc(-c3ccc4c(-c5cccc6ccccc56)c5ccccc5c(-c5ccc(-c6cccc7ccccc67)cc5)c4c3)ccc2c1. The van der Waals surface area contributed by atoms with Crippen molar-refractivity contribution < 1.29 is 0 Å². The molecule has 0 aliphatic rings. The maximum Gasteiger partial charge on any atom is -0.00201 e. The van der Waals surface area contributed by atoms with Crippen LogP contribution in [0.3, 0.4) is 0 Å². The maximum absolute atomic E-state index is 2.43. The second-order valence-electron chi connectivity index (χ2n) is 13.2. The second-order valence-corrected chi connectivity index (χ2v) is 13.2. The van der Waals surface area contributed by atoms with Crippen molar-refractivity contribution in [2.24, 2.45) is 0 Å². The molecule has 0 aromatic heterocycles. The van der Waals surface area contributed by atoms with Gasteiger partial charge in [0.15, 0.2) is 0 Å². The molecule has 0 bridgehead atoms. The van der Waals surface area contributed by atoms with Crippen molar-refractivity contribution in [1.29, 1.82) is 0 Å². The summed E-state index contributed by atoms with van der Waals surface area (Å²) in [6, 6.07) is 71.4. The third kappa shape index (κ3) is 4.61. The Kier molecular flexibility index (Phi) is 6.60. The molecule has 0 heteroatoms. The molecule has 0 fully saturated rings. The van der Waals surface area contributed by atoms with Gasteiger partial charge in [0.05, 0.1) is 0 Å². The summed E-state index contributed by atoms with van der Waals surface area (Å²) < 4.78 is 0. The van der Waals surface area contributed by atoms with Crippen LogP contribution in [0.25, 0.3) is 98.4 Å². The van der Waals surface area contributed by atoms with Gasteiger partial charge in [-0.25, -0.2) is 0 Å². The lowest BCUT2D eigenvalue weighted by Crippen LogP contribution is -1.93.